The number of aliphatic carboxylic acids is 1. The summed E-state index contributed by atoms with van der Waals surface area (Å²) < 4.78 is 65.0. The minimum atomic E-state index is -4.57. The molecule has 5 N–H and O–H groups in total. The van der Waals surface area contributed by atoms with Gasteiger partial charge in [0, 0.05) is 30.4 Å². The van der Waals surface area contributed by atoms with E-state index in [-0.39, 0.29) is 21.9 Å². The summed E-state index contributed by atoms with van der Waals surface area (Å²) in [5, 5.41) is 38.2. The van der Waals surface area contributed by atoms with Gasteiger partial charge in [-0.3, -0.25) is 19.2 Å². The van der Waals surface area contributed by atoms with Crippen molar-refractivity contribution in [3.63, 3.8) is 0 Å². The molecule has 12 nitrogen and oxygen atoms in total. The van der Waals surface area contributed by atoms with Crippen LogP contribution in [0.2, 0.25) is 0 Å². The first-order valence-electron chi connectivity index (χ1n) is 17.9. The van der Waals surface area contributed by atoms with Gasteiger partial charge in [-0.1, -0.05) is 12.1 Å². The van der Waals surface area contributed by atoms with E-state index in [1.54, 1.807) is 35.7 Å². The fourth-order valence-electron chi connectivity index (χ4n) is 5.80. The number of thiocyanates is 1. The summed E-state index contributed by atoms with van der Waals surface area (Å²) in [5.74, 6) is -3.31. The van der Waals surface area contributed by atoms with Crippen molar-refractivity contribution in [2.45, 2.75) is 55.6 Å². The molecule has 310 valence electrons. The number of carboxylic acid groups (broad SMARTS) is 1. The highest BCUT2D eigenvalue weighted by Gasteiger charge is 2.51. The molecule has 0 saturated heterocycles. The van der Waals surface area contributed by atoms with E-state index in [0.29, 0.717) is 66.5 Å². The molecule has 0 bridgehead atoms. The molecule has 4 aromatic rings. The van der Waals surface area contributed by atoms with Crippen molar-refractivity contribution < 1.29 is 46.2 Å². The maximum Gasteiger partial charge on any atom is 0.417 e. The second kappa shape index (κ2) is 19.2. The predicted molar refractivity (Wildman–Crippen MR) is 212 cm³/mol. The topological polar surface area (TPSA) is 189 Å². The fourth-order valence-corrected chi connectivity index (χ4v) is 6.22. The van der Waals surface area contributed by atoms with E-state index in [9.17, 15) is 41.1 Å². The van der Waals surface area contributed by atoms with E-state index in [4.69, 9.17) is 22.2 Å². The van der Waals surface area contributed by atoms with Gasteiger partial charge in [-0.15, -0.1) is 0 Å². The van der Waals surface area contributed by atoms with Crippen LogP contribution in [0.4, 0.5) is 39.0 Å². The molecule has 0 unspecified atom stereocenters. The van der Waals surface area contributed by atoms with Crippen LogP contribution in [0.1, 0.15) is 68.7 Å². The average molecular weight is 846 g/mol. The zero-order chi connectivity index (χ0) is 44.4. The Balaban J connectivity index is 0.000000210. The molecule has 6 rings (SSSR count). The first kappa shape index (κ1) is 45.7. The molecule has 2 aliphatic rings. The lowest BCUT2D eigenvalue weighted by Crippen LogP contribution is -2.37. The molecule has 4 aromatic carbocycles. The fraction of sp³-hybridized carbons (Fsp3) is 0.262. The number of benzene rings is 4. The maximum absolute atomic E-state index is 14.1. The number of nitrogens with zero attached hydrogens (tertiary/aromatic N) is 3. The van der Waals surface area contributed by atoms with Crippen molar-refractivity contribution in [1.82, 2.24) is 10.6 Å². The smallest absolute Gasteiger partial charge is 0.417 e. The lowest BCUT2D eigenvalue weighted by Gasteiger charge is -2.19. The highest BCUT2D eigenvalue weighted by atomic mass is 32.2. The van der Waals surface area contributed by atoms with Gasteiger partial charge in [-0.05, 0) is 123 Å². The van der Waals surface area contributed by atoms with Crippen molar-refractivity contribution in [2.75, 3.05) is 24.7 Å². The Bertz CT molecular complexity index is 2450. The number of alkyl halides is 3. The van der Waals surface area contributed by atoms with Gasteiger partial charge in [0.25, 0.3) is 11.8 Å². The number of aryl methyl sites for hydroxylation is 1. The van der Waals surface area contributed by atoms with E-state index in [2.05, 4.69) is 26.1 Å². The van der Waals surface area contributed by atoms with Gasteiger partial charge in [0.1, 0.15) is 22.6 Å². The van der Waals surface area contributed by atoms with E-state index >= 15 is 0 Å². The van der Waals surface area contributed by atoms with Crippen LogP contribution in [0.15, 0.2) is 77.7 Å². The molecule has 2 saturated carbocycles. The molecule has 18 heteroatoms. The van der Waals surface area contributed by atoms with Crippen molar-refractivity contribution >= 4 is 52.5 Å². The third-order valence-electron chi connectivity index (χ3n) is 9.52. The minimum Gasteiger partial charge on any atom is -0.481 e. The number of hydrogen-bond donors (Lipinski definition) is 5. The summed E-state index contributed by atoms with van der Waals surface area (Å²) in [6, 6.07) is 18.1. The SMILES string of the molecule is CNC(=O)c1ccc(CC2(C(=O)O)CC2)cc1F.N#CSc1ccc(C#N)c(C(F)(F)F)c1.[C-]#[N+]c1ccc(NC(=O)C2(Nc3ccc(C(=O)NC)c(F)c3)CC2)cc1C. The maximum atomic E-state index is 14.1. The molecular formula is C42H36F5N7O5S. The molecule has 0 atom stereocenters. The lowest BCUT2D eigenvalue weighted by molar-refractivity contribution is -0.143. The van der Waals surface area contributed by atoms with Gasteiger partial charge >= 0.3 is 12.1 Å². The second-order valence-corrected chi connectivity index (χ2v) is 14.6. The Kier molecular flexibility index (Phi) is 14.6. The average Bonchev–Trinajstić information content (AvgIpc) is 4.15. The normalized spacial score (nSPS) is 13.8. The number of carboxylic acids is 1. The zero-order valence-corrected chi connectivity index (χ0v) is 33.0. The lowest BCUT2D eigenvalue weighted by atomic mass is 9.96. The summed E-state index contributed by atoms with van der Waals surface area (Å²) >= 11 is 0.621. The van der Waals surface area contributed by atoms with E-state index in [1.165, 1.54) is 50.5 Å². The third kappa shape index (κ3) is 11.4. The van der Waals surface area contributed by atoms with Gasteiger partial charge in [0.2, 0.25) is 5.91 Å². The van der Waals surface area contributed by atoms with Crippen LogP contribution >= 0.6 is 11.8 Å². The molecule has 0 aromatic heterocycles. The molecule has 2 fully saturated rings. The number of thioether (sulfide) groups is 1. The third-order valence-corrected chi connectivity index (χ3v) is 10.1. The van der Waals surface area contributed by atoms with Crippen LogP contribution in [0.5, 0.6) is 0 Å². The number of nitrogens with one attached hydrogen (secondary N) is 4. The van der Waals surface area contributed by atoms with Crippen molar-refractivity contribution in [3.8, 4) is 11.5 Å². The minimum absolute atomic E-state index is 0.0265. The number of hydrogen-bond acceptors (Lipinski definition) is 8. The standard InChI is InChI=1S/C20H19FN4O2.C13H14FNO3.C9H3F3N2S/c1-12-10-13(5-7-17(12)22-2)24-19(27)20(8-9-20)25-14-4-6-15(16(21)11-14)18(26)23-3;1-15-11(16)9-3-2-8(6-10(9)14)7-13(4-5-13)12(17)18;10-9(11,12)8-3-7(15-5-14)2-1-6(8)4-13/h4-7,10-11,25H,8-9H2,1,3H3,(H,23,26)(H,24,27);2-3,6H,4-5,7H2,1H3,(H,15,16)(H,17,18);1-3H. The van der Waals surface area contributed by atoms with Crippen LogP contribution in [-0.4, -0.2) is 48.4 Å². The Morgan fingerprint density at radius 3 is 1.92 bits per heavy atom. The van der Waals surface area contributed by atoms with Gasteiger partial charge in [0.05, 0.1) is 40.3 Å². The molecular weight excluding hydrogens is 810 g/mol. The largest absolute Gasteiger partial charge is 0.481 e. The zero-order valence-electron chi connectivity index (χ0n) is 32.2. The van der Waals surface area contributed by atoms with Crippen molar-refractivity contribution in [3.05, 3.63) is 129 Å². The van der Waals surface area contributed by atoms with Gasteiger partial charge in [0.15, 0.2) is 5.69 Å². The Morgan fingerprint density at radius 1 is 0.850 bits per heavy atom. The van der Waals surface area contributed by atoms with Gasteiger partial charge < -0.3 is 26.4 Å². The summed E-state index contributed by atoms with van der Waals surface area (Å²) in [5.41, 5.74) is -0.0592. The molecule has 0 radical (unpaired) electrons. The van der Waals surface area contributed by atoms with Crippen LogP contribution in [-0.2, 0) is 22.2 Å². The summed E-state index contributed by atoms with van der Waals surface area (Å²) in [7, 11) is 2.86. The highest BCUT2D eigenvalue weighted by Crippen LogP contribution is 2.48. The van der Waals surface area contributed by atoms with Crippen molar-refractivity contribution in [1.29, 1.82) is 10.5 Å². The summed E-state index contributed by atoms with van der Waals surface area (Å²) in [4.78, 5) is 50.2. The van der Waals surface area contributed by atoms with E-state index < -0.39 is 57.7 Å². The Morgan fingerprint density at radius 2 is 1.45 bits per heavy atom. The number of rotatable bonds is 10. The highest BCUT2D eigenvalue weighted by molar-refractivity contribution is 8.03. The Labute approximate surface area is 345 Å². The number of halogens is 5. The first-order chi connectivity index (χ1) is 28.3. The second-order valence-electron chi connectivity index (χ2n) is 13.7. The van der Waals surface area contributed by atoms with E-state index in [0.717, 1.165) is 17.7 Å². The quantitative estimate of drug-likeness (QED) is 0.0452. The monoisotopic (exact) mass is 845 g/mol. The Hall–Kier alpha value is -6.97. The molecule has 60 heavy (non-hydrogen) atoms. The van der Waals surface area contributed by atoms with Crippen LogP contribution in [0, 0.1) is 52.5 Å². The number of carbonyl (C=O) groups is 4. The molecule has 0 spiro atoms. The van der Waals surface area contributed by atoms with Gasteiger partial charge in [-0.2, -0.15) is 23.7 Å². The molecule has 2 aliphatic carbocycles. The number of carbonyl (C=O) groups excluding carboxylic acids is 3. The molecule has 0 heterocycles. The molecule has 3 amide bonds. The summed E-state index contributed by atoms with van der Waals surface area (Å²) in [6.07, 6.45) is -1.76. The number of nitriles is 2. The van der Waals surface area contributed by atoms with Crippen LogP contribution < -0.4 is 21.3 Å². The number of amides is 3. The van der Waals surface area contributed by atoms with E-state index in [1.807, 2.05) is 6.92 Å². The summed E-state index contributed by atoms with van der Waals surface area (Å²) in [6.45, 7) is 8.88. The van der Waals surface area contributed by atoms with Crippen molar-refractivity contribution in [2.24, 2.45) is 5.41 Å². The first-order valence-corrected chi connectivity index (χ1v) is 18.7. The predicted octanol–water partition coefficient (Wildman–Crippen LogP) is 8.37. The van der Waals surface area contributed by atoms with Gasteiger partial charge in [-0.25, -0.2) is 13.6 Å². The number of anilines is 2. The van der Waals surface area contributed by atoms with Crippen LogP contribution in [0.3, 0.4) is 0 Å². The van der Waals surface area contributed by atoms with Crippen LogP contribution in [0.25, 0.3) is 4.85 Å². The molecule has 0 aliphatic heterocycles.